The van der Waals surface area contributed by atoms with Crippen molar-refractivity contribution in [2.45, 2.75) is 18.0 Å². The molecule has 3 atom stereocenters. The number of halogens is 3. The first kappa shape index (κ1) is 16.1. The van der Waals surface area contributed by atoms with Crippen molar-refractivity contribution in [2.75, 3.05) is 0 Å². The van der Waals surface area contributed by atoms with Crippen LogP contribution in [0.2, 0.25) is 0 Å². The van der Waals surface area contributed by atoms with E-state index < -0.39 is 23.7 Å². The molecular weight excluding hydrogens is 355 g/mol. The van der Waals surface area contributed by atoms with Crippen LogP contribution < -0.4 is 5.48 Å². The lowest BCUT2D eigenvalue weighted by atomic mass is 10.1. The molecule has 2 heterocycles. The van der Waals surface area contributed by atoms with Gasteiger partial charge in [-0.1, -0.05) is 30.3 Å². The van der Waals surface area contributed by atoms with Crippen molar-refractivity contribution in [1.29, 1.82) is 0 Å². The van der Waals surface area contributed by atoms with E-state index >= 15 is 0 Å². The quantitative estimate of drug-likeness (QED) is 0.551. The van der Waals surface area contributed by atoms with E-state index in [0.717, 1.165) is 28.0 Å². The van der Waals surface area contributed by atoms with Gasteiger partial charge in [-0.05, 0) is 5.56 Å². The molecule has 0 aliphatic heterocycles. The molecule has 4 rings (SSSR count). The third kappa shape index (κ3) is 2.69. The Kier molecular flexibility index (Phi) is 3.58. The van der Waals surface area contributed by atoms with E-state index in [4.69, 9.17) is 5.21 Å². The van der Waals surface area contributed by atoms with Crippen molar-refractivity contribution in [3.63, 3.8) is 0 Å². The minimum Gasteiger partial charge on any atom is -0.297 e. The highest BCUT2D eigenvalue weighted by Crippen LogP contribution is 2.61. The molecule has 25 heavy (non-hydrogen) atoms. The molecule has 5 nitrogen and oxygen atoms in total. The summed E-state index contributed by atoms with van der Waals surface area (Å²) in [5, 5.41) is 8.96. The lowest BCUT2D eigenvalue weighted by Crippen LogP contribution is -2.21. The van der Waals surface area contributed by atoms with E-state index in [9.17, 15) is 18.0 Å². The highest BCUT2D eigenvalue weighted by molar-refractivity contribution is 7.17. The Morgan fingerprint density at radius 1 is 1.20 bits per heavy atom. The van der Waals surface area contributed by atoms with E-state index in [2.05, 4.69) is 4.98 Å². The highest BCUT2D eigenvalue weighted by atomic mass is 32.1. The van der Waals surface area contributed by atoms with E-state index in [0.29, 0.717) is 0 Å². The summed E-state index contributed by atoms with van der Waals surface area (Å²) in [4.78, 5) is 16.6. The zero-order chi connectivity index (χ0) is 17.8. The van der Waals surface area contributed by atoms with Crippen LogP contribution in [0, 0.1) is 5.92 Å². The lowest BCUT2D eigenvalue weighted by molar-refractivity contribution is -0.140. The van der Waals surface area contributed by atoms with Gasteiger partial charge in [-0.25, -0.2) is 10.5 Å². The monoisotopic (exact) mass is 367 g/mol. The molecule has 3 aromatic rings. The maximum atomic E-state index is 12.7. The standard InChI is InChI=1S/C16H12F3N3O2S/c17-16(18,19)10-7-22-6-9(25-15(22)20-10)12-11(13(12)14(23)21-24)8-4-2-1-3-5-8/h1-7,11-13,24H,(H,21,23)/t11-,12-,13-/m1/s1. The van der Waals surface area contributed by atoms with Gasteiger partial charge in [-0.3, -0.25) is 14.4 Å². The molecule has 9 heteroatoms. The van der Waals surface area contributed by atoms with Gasteiger partial charge in [0.25, 0.3) is 0 Å². The van der Waals surface area contributed by atoms with Crippen molar-refractivity contribution in [1.82, 2.24) is 14.9 Å². The molecule has 0 unspecified atom stereocenters. The lowest BCUT2D eigenvalue weighted by Gasteiger charge is -1.99. The first-order valence-corrected chi connectivity index (χ1v) is 8.26. The number of hydrogen-bond donors (Lipinski definition) is 2. The van der Waals surface area contributed by atoms with Crippen molar-refractivity contribution >= 4 is 22.2 Å². The zero-order valence-corrected chi connectivity index (χ0v) is 13.4. The van der Waals surface area contributed by atoms with Gasteiger partial charge in [0.15, 0.2) is 10.7 Å². The molecule has 1 amide bonds. The van der Waals surface area contributed by atoms with Gasteiger partial charge in [0.2, 0.25) is 5.91 Å². The third-order valence-electron chi connectivity index (χ3n) is 4.41. The summed E-state index contributed by atoms with van der Waals surface area (Å²) in [7, 11) is 0. The molecule has 130 valence electrons. The average molecular weight is 367 g/mol. The number of fused-ring (bicyclic) bond motifs is 1. The van der Waals surface area contributed by atoms with Crippen LogP contribution in [0.15, 0.2) is 42.7 Å². The Labute approximate surface area is 143 Å². The van der Waals surface area contributed by atoms with Gasteiger partial charge in [0.1, 0.15) is 0 Å². The molecule has 0 spiro atoms. The Bertz CT molecular complexity index is 904. The number of nitrogens with one attached hydrogen (secondary N) is 1. The van der Waals surface area contributed by atoms with Crippen LogP contribution in [-0.4, -0.2) is 20.5 Å². The SMILES string of the molecule is O=C(NO)[C@@H]1[C@H](c2ccccc2)[C@H]1c1cn2cc(C(F)(F)F)nc2s1. The topological polar surface area (TPSA) is 66.6 Å². The molecule has 1 saturated carbocycles. The first-order valence-electron chi connectivity index (χ1n) is 7.44. The molecule has 0 bridgehead atoms. The molecule has 1 aliphatic rings. The van der Waals surface area contributed by atoms with Crippen LogP contribution in [-0.2, 0) is 11.0 Å². The number of carbonyl (C=O) groups is 1. The van der Waals surface area contributed by atoms with E-state index in [-0.39, 0.29) is 16.8 Å². The maximum Gasteiger partial charge on any atom is 0.434 e. The number of carbonyl (C=O) groups excluding carboxylic acids is 1. The number of hydrogen-bond acceptors (Lipinski definition) is 4. The summed E-state index contributed by atoms with van der Waals surface area (Å²) in [6.07, 6.45) is -1.97. The Morgan fingerprint density at radius 3 is 2.52 bits per heavy atom. The van der Waals surface area contributed by atoms with Crippen LogP contribution in [0.25, 0.3) is 4.96 Å². The summed E-state index contributed by atoms with van der Waals surface area (Å²) in [5.41, 5.74) is 1.69. The van der Waals surface area contributed by atoms with Gasteiger partial charge < -0.3 is 0 Å². The van der Waals surface area contributed by atoms with Crippen molar-refractivity contribution in [3.05, 3.63) is 58.9 Å². The number of imidazole rings is 1. The van der Waals surface area contributed by atoms with Gasteiger partial charge >= 0.3 is 6.18 Å². The second-order valence-electron chi connectivity index (χ2n) is 5.91. The van der Waals surface area contributed by atoms with Crippen molar-refractivity contribution in [2.24, 2.45) is 5.92 Å². The fourth-order valence-electron chi connectivity index (χ4n) is 3.26. The van der Waals surface area contributed by atoms with Crippen molar-refractivity contribution < 1.29 is 23.2 Å². The summed E-state index contributed by atoms with van der Waals surface area (Å²) in [6, 6.07) is 9.36. The fourth-order valence-corrected chi connectivity index (χ4v) is 4.42. The van der Waals surface area contributed by atoms with Crippen LogP contribution in [0.3, 0.4) is 0 Å². The minimum atomic E-state index is -4.49. The van der Waals surface area contributed by atoms with Crippen LogP contribution >= 0.6 is 11.3 Å². The number of alkyl halides is 3. The van der Waals surface area contributed by atoms with Gasteiger partial charge in [0, 0.05) is 29.1 Å². The largest absolute Gasteiger partial charge is 0.434 e. The second-order valence-corrected chi connectivity index (χ2v) is 6.95. The van der Waals surface area contributed by atoms with E-state index in [1.54, 1.807) is 11.7 Å². The Morgan fingerprint density at radius 2 is 1.92 bits per heavy atom. The number of aromatic nitrogens is 2. The number of nitrogens with zero attached hydrogens (tertiary/aromatic N) is 2. The van der Waals surface area contributed by atoms with E-state index in [1.165, 1.54) is 4.40 Å². The third-order valence-corrected chi connectivity index (χ3v) is 5.51. The summed E-state index contributed by atoms with van der Waals surface area (Å²) in [6.45, 7) is 0. The molecule has 2 aromatic heterocycles. The highest BCUT2D eigenvalue weighted by Gasteiger charge is 2.57. The van der Waals surface area contributed by atoms with Gasteiger partial charge in [0.05, 0.1) is 5.92 Å². The number of rotatable bonds is 3. The number of amides is 1. The maximum absolute atomic E-state index is 12.7. The number of thiazole rings is 1. The van der Waals surface area contributed by atoms with Crippen LogP contribution in [0.1, 0.15) is 28.0 Å². The van der Waals surface area contributed by atoms with Crippen LogP contribution in [0.4, 0.5) is 13.2 Å². The predicted octanol–water partition coefficient (Wildman–Crippen LogP) is 3.42. The Hall–Kier alpha value is -2.39. The molecule has 0 radical (unpaired) electrons. The molecule has 1 aliphatic carbocycles. The van der Waals surface area contributed by atoms with Gasteiger partial charge in [-0.2, -0.15) is 13.2 Å². The molecule has 2 N–H and O–H groups in total. The summed E-state index contributed by atoms with van der Waals surface area (Å²) < 4.78 is 39.5. The zero-order valence-electron chi connectivity index (χ0n) is 12.6. The molecular formula is C16H12F3N3O2S. The number of benzene rings is 1. The smallest absolute Gasteiger partial charge is 0.297 e. The molecule has 0 saturated heterocycles. The summed E-state index contributed by atoms with van der Waals surface area (Å²) in [5.74, 6) is -1.28. The number of hydroxylamine groups is 1. The van der Waals surface area contributed by atoms with Crippen molar-refractivity contribution in [3.8, 4) is 0 Å². The van der Waals surface area contributed by atoms with Crippen LogP contribution in [0.5, 0.6) is 0 Å². The second kappa shape index (κ2) is 5.57. The summed E-state index contributed by atoms with van der Waals surface area (Å²) >= 11 is 1.13. The minimum absolute atomic E-state index is 0.126. The van der Waals surface area contributed by atoms with E-state index in [1.807, 2.05) is 30.3 Å². The predicted molar refractivity (Wildman–Crippen MR) is 83.4 cm³/mol. The normalized spacial score (nSPS) is 23.0. The Balaban J connectivity index is 1.69. The fraction of sp³-hybridized carbons (Fsp3) is 0.250. The van der Waals surface area contributed by atoms with Gasteiger partial charge in [-0.15, -0.1) is 11.3 Å². The average Bonchev–Trinajstić information content (AvgIpc) is 2.98. The molecule has 1 aromatic carbocycles. The molecule has 1 fully saturated rings. The first-order chi connectivity index (χ1) is 11.9.